The van der Waals surface area contributed by atoms with Crippen molar-refractivity contribution in [3.05, 3.63) is 87.3 Å². The molecule has 6 nitrogen and oxygen atoms in total. The third-order valence-corrected chi connectivity index (χ3v) is 7.50. The average molecular weight is 511 g/mol. The maximum Gasteiger partial charge on any atom is 0.417 e. The zero-order valence-electron chi connectivity index (χ0n) is 19.6. The first-order valence-corrected chi connectivity index (χ1v) is 12.0. The predicted octanol–water partition coefficient (Wildman–Crippen LogP) is 6.31. The van der Waals surface area contributed by atoms with Gasteiger partial charge in [-0.3, -0.25) is 14.4 Å². The lowest BCUT2D eigenvalue weighted by Gasteiger charge is -2.14. The van der Waals surface area contributed by atoms with Gasteiger partial charge in [0.1, 0.15) is 16.9 Å². The summed E-state index contributed by atoms with van der Waals surface area (Å²) in [5.41, 5.74) is 2.91. The first-order valence-electron chi connectivity index (χ1n) is 11.2. The molecule has 3 heterocycles. The molecule has 0 aliphatic carbocycles. The van der Waals surface area contributed by atoms with Crippen LogP contribution < -0.4 is 0 Å². The van der Waals surface area contributed by atoms with E-state index in [-0.39, 0.29) is 12.0 Å². The Bertz CT molecular complexity index is 1520. The summed E-state index contributed by atoms with van der Waals surface area (Å²) < 4.78 is 42.5. The van der Waals surface area contributed by atoms with Crippen molar-refractivity contribution in [3.8, 4) is 16.1 Å². The van der Waals surface area contributed by atoms with Gasteiger partial charge in [0.05, 0.1) is 17.7 Å². The number of fused-ring (bicyclic) bond motifs is 3. The average Bonchev–Trinajstić information content (AvgIpc) is 3.30. The second-order valence-corrected chi connectivity index (χ2v) is 9.82. The summed E-state index contributed by atoms with van der Waals surface area (Å²) in [6.45, 7) is 5.78. The fourth-order valence-electron chi connectivity index (χ4n) is 4.48. The van der Waals surface area contributed by atoms with Gasteiger partial charge in [0, 0.05) is 16.0 Å². The van der Waals surface area contributed by atoms with Gasteiger partial charge < -0.3 is 5.11 Å². The molecule has 0 saturated heterocycles. The molecule has 0 bridgehead atoms. The fraction of sp³-hybridized carbons (Fsp3) is 0.231. The normalized spacial score (nSPS) is 15.2. The van der Waals surface area contributed by atoms with E-state index in [9.17, 15) is 23.1 Å². The highest BCUT2D eigenvalue weighted by molar-refractivity contribution is 7.15. The highest BCUT2D eigenvalue weighted by Crippen LogP contribution is 2.40. The van der Waals surface area contributed by atoms with E-state index >= 15 is 0 Å². The van der Waals surface area contributed by atoms with Crippen LogP contribution in [0.5, 0.6) is 0 Å². The number of alkyl halides is 3. The van der Waals surface area contributed by atoms with Crippen LogP contribution in [0.1, 0.15) is 51.2 Å². The Hall–Kier alpha value is -3.79. The molecule has 2 aromatic carbocycles. The SMILES string of the molecule is Cc1sc2c(c1C)C(c1ccc(-c3ccccc3C(F)(F)F)cc1)=NC(CC(=O)O)c1nnc(C)n1-2. The summed E-state index contributed by atoms with van der Waals surface area (Å²) in [4.78, 5) is 17.6. The lowest BCUT2D eigenvalue weighted by Crippen LogP contribution is -2.10. The molecule has 1 unspecified atom stereocenters. The van der Waals surface area contributed by atoms with E-state index in [1.54, 1.807) is 48.6 Å². The summed E-state index contributed by atoms with van der Waals surface area (Å²) in [5.74, 6) is 0.0501. The van der Waals surface area contributed by atoms with Crippen LogP contribution in [-0.4, -0.2) is 31.6 Å². The Morgan fingerprint density at radius 3 is 2.36 bits per heavy atom. The molecule has 0 amide bonds. The van der Waals surface area contributed by atoms with Gasteiger partial charge in [0.15, 0.2) is 5.82 Å². The number of hydrogen-bond acceptors (Lipinski definition) is 5. The maximum atomic E-state index is 13.6. The monoisotopic (exact) mass is 510 g/mol. The third kappa shape index (κ3) is 4.01. The molecule has 36 heavy (non-hydrogen) atoms. The highest BCUT2D eigenvalue weighted by atomic mass is 32.1. The molecule has 1 N–H and O–H groups in total. The van der Waals surface area contributed by atoms with Crippen molar-refractivity contribution in [2.24, 2.45) is 4.99 Å². The van der Waals surface area contributed by atoms with Gasteiger partial charge in [-0.2, -0.15) is 13.2 Å². The van der Waals surface area contributed by atoms with Gasteiger partial charge in [-0.25, -0.2) is 0 Å². The van der Waals surface area contributed by atoms with Crippen LogP contribution in [0.2, 0.25) is 0 Å². The summed E-state index contributed by atoms with van der Waals surface area (Å²) in [6.07, 6.45) is -4.75. The van der Waals surface area contributed by atoms with E-state index in [0.29, 0.717) is 28.5 Å². The topological polar surface area (TPSA) is 80.4 Å². The van der Waals surface area contributed by atoms with Gasteiger partial charge in [0.2, 0.25) is 0 Å². The smallest absolute Gasteiger partial charge is 0.417 e. The van der Waals surface area contributed by atoms with Crippen molar-refractivity contribution in [1.29, 1.82) is 0 Å². The predicted molar refractivity (Wildman–Crippen MR) is 131 cm³/mol. The van der Waals surface area contributed by atoms with E-state index in [0.717, 1.165) is 27.1 Å². The molecule has 4 aromatic rings. The van der Waals surface area contributed by atoms with Crippen LogP contribution in [0, 0.1) is 20.8 Å². The summed E-state index contributed by atoms with van der Waals surface area (Å²) in [5, 5.41) is 18.8. The number of halogens is 3. The first-order chi connectivity index (χ1) is 17.1. The van der Waals surface area contributed by atoms with Gasteiger partial charge in [0.25, 0.3) is 0 Å². The fourth-order valence-corrected chi connectivity index (χ4v) is 5.69. The number of carboxylic acids is 1. The second-order valence-electron chi connectivity index (χ2n) is 8.62. The minimum Gasteiger partial charge on any atom is -0.481 e. The van der Waals surface area contributed by atoms with Crippen molar-refractivity contribution in [1.82, 2.24) is 14.8 Å². The zero-order chi connectivity index (χ0) is 25.8. The van der Waals surface area contributed by atoms with E-state index in [2.05, 4.69) is 10.2 Å². The number of aliphatic imine (C=N–C) groups is 1. The molecule has 10 heteroatoms. The van der Waals surface area contributed by atoms with Crippen LogP contribution in [0.15, 0.2) is 53.5 Å². The number of rotatable bonds is 4. The molecule has 0 fully saturated rings. The number of thiophene rings is 1. The largest absolute Gasteiger partial charge is 0.481 e. The van der Waals surface area contributed by atoms with Crippen molar-refractivity contribution in [2.75, 3.05) is 0 Å². The Morgan fingerprint density at radius 1 is 1.03 bits per heavy atom. The van der Waals surface area contributed by atoms with E-state index < -0.39 is 23.8 Å². The molecule has 0 spiro atoms. The van der Waals surface area contributed by atoms with Gasteiger partial charge >= 0.3 is 12.1 Å². The number of benzene rings is 2. The van der Waals surface area contributed by atoms with Crippen LogP contribution >= 0.6 is 11.3 Å². The minimum absolute atomic E-state index is 0.0909. The van der Waals surface area contributed by atoms with Crippen molar-refractivity contribution < 1.29 is 23.1 Å². The van der Waals surface area contributed by atoms with E-state index in [1.807, 2.05) is 18.4 Å². The van der Waals surface area contributed by atoms with E-state index in [4.69, 9.17) is 4.99 Å². The van der Waals surface area contributed by atoms with Crippen LogP contribution in [-0.2, 0) is 11.0 Å². The number of aryl methyl sites for hydroxylation is 2. The number of carboxylic acid groups (broad SMARTS) is 1. The maximum absolute atomic E-state index is 13.6. The zero-order valence-corrected chi connectivity index (χ0v) is 20.4. The molecule has 1 aliphatic heterocycles. The first kappa shape index (κ1) is 23.9. The van der Waals surface area contributed by atoms with Crippen molar-refractivity contribution >= 4 is 23.0 Å². The van der Waals surface area contributed by atoms with Gasteiger partial charge in [-0.1, -0.05) is 42.5 Å². The molecule has 5 rings (SSSR count). The van der Waals surface area contributed by atoms with Crippen LogP contribution in [0.3, 0.4) is 0 Å². The second kappa shape index (κ2) is 8.70. The van der Waals surface area contributed by atoms with E-state index in [1.165, 1.54) is 12.1 Å². The van der Waals surface area contributed by atoms with Crippen molar-refractivity contribution in [3.63, 3.8) is 0 Å². The molecule has 0 radical (unpaired) electrons. The van der Waals surface area contributed by atoms with Crippen molar-refractivity contribution in [2.45, 2.75) is 39.4 Å². The number of nitrogens with zero attached hydrogens (tertiary/aromatic N) is 4. The van der Waals surface area contributed by atoms with Crippen LogP contribution in [0.25, 0.3) is 16.1 Å². The number of aliphatic carboxylic acids is 1. The molecular weight excluding hydrogens is 489 g/mol. The highest BCUT2D eigenvalue weighted by Gasteiger charge is 2.34. The Morgan fingerprint density at radius 2 is 1.69 bits per heavy atom. The minimum atomic E-state index is -4.47. The Balaban J connectivity index is 1.68. The molecule has 1 aliphatic rings. The lowest BCUT2D eigenvalue weighted by molar-refractivity contribution is -0.138. The lowest BCUT2D eigenvalue weighted by atomic mass is 9.95. The summed E-state index contributed by atoms with van der Waals surface area (Å²) in [7, 11) is 0. The number of hydrogen-bond donors (Lipinski definition) is 1. The van der Waals surface area contributed by atoms with Gasteiger partial charge in [-0.15, -0.1) is 21.5 Å². The number of carbonyl (C=O) groups is 1. The van der Waals surface area contributed by atoms with Crippen LogP contribution in [0.4, 0.5) is 13.2 Å². The molecule has 1 atom stereocenters. The molecule has 184 valence electrons. The quantitative estimate of drug-likeness (QED) is 0.349. The molecule has 0 saturated carbocycles. The summed E-state index contributed by atoms with van der Waals surface area (Å²) >= 11 is 1.55. The Labute approximate surface area is 208 Å². The summed E-state index contributed by atoms with van der Waals surface area (Å²) in [6, 6.07) is 11.4. The molecule has 2 aromatic heterocycles. The number of aromatic nitrogens is 3. The third-order valence-electron chi connectivity index (χ3n) is 6.31. The Kier molecular flexibility index (Phi) is 5.78. The standard InChI is InChI=1S/C26H21F3N4O2S/c1-13-14(2)36-25-22(13)23(30-20(12-21(34)35)24-32-31-15(3)33(24)25)17-10-8-16(9-11-17)18-6-4-5-7-19(18)26(27,28)29/h4-11,20H,12H2,1-3H3,(H,34,35). The van der Waals surface area contributed by atoms with Gasteiger partial charge in [-0.05, 0) is 43.5 Å². The molecular formula is C26H21F3N4O2S.